The van der Waals surface area contributed by atoms with E-state index >= 15 is 0 Å². The van der Waals surface area contributed by atoms with E-state index in [4.69, 9.17) is 15.2 Å². The van der Waals surface area contributed by atoms with Crippen LogP contribution in [0.1, 0.15) is 56.1 Å². The molecule has 0 unspecified atom stereocenters. The van der Waals surface area contributed by atoms with E-state index in [0.29, 0.717) is 31.1 Å². The Morgan fingerprint density at radius 2 is 1.83 bits per heavy atom. The minimum absolute atomic E-state index is 0.00599. The van der Waals surface area contributed by atoms with Crippen molar-refractivity contribution in [1.82, 2.24) is 9.80 Å². The summed E-state index contributed by atoms with van der Waals surface area (Å²) in [7, 11) is 0. The zero-order valence-electron chi connectivity index (χ0n) is 23.9. The number of imide groups is 1. The summed E-state index contributed by atoms with van der Waals surface area (Å²) in [6.07, 6.45) is 2.29. The van der Waals surface area contributed by atoms with Crippen molar-refractivity contribution >= 4 is 29.4 Å². The number of fused-ring (bicyclic) bond motifs is 1. The van der Waals surface area contributed by atoms with Crippen molar-refractivity contribution in [2.24, 2.45) is 11.7 Å². The average molecular weight is 579 g/mol. The summed E-state index contributed by atoms with van der Waals surface area (Å²) < 4.78 is 11.0. The number of carboxylic acid groups (broad SMARTS) is 1. The van der Waals surface area contributed by atoms with Crippen LogP contribution >= 0.6 is 0 Å². The van der Waals surface area contributed by atoms with E-state index in [9.17, 15) is 24.3 Å². The van der Waals surface area contributed by atoms with E-state index in [1.54, 1.807) is 11.0 Å². The van der Waals surface area contributed by atoms with Gasteiger partial charge in [-0.1, -0.05) is 31.5 Å². The molecule has 42 heavy (non-hydrogen) atoms. The zero-order chi connectivity index (χ0) is 29.8. The fourth-order valence-electron chi connectivity index (χ4n) is 6.29. The number of aliphatic carboxylic acids is 1. The summed E-state index contributed by atoms with van der Waals surface area (Å²) >= 11 is 0. The standard InChI is InChI=1S/C31H38N4O7/c1-2-3-12-34(22-6-4-5-20(14-22)16-32)29(38)18-33-17-23(21-7-8-25-26(15-21)42-19-41-25)30(31(39)40)24(33)11-13-35-27(36)9-10-28(35)37/h4-8,14-15,23-24,30H,2-3,9-13,16-19,32H2,1H3,(H,39,40)/t23-,24+,30-/m1/s1. The second kappa shape index (κ2) is 12.9. The van der Waals surface area contributed by atoms with Crippen molar-refractivity contribution in [3.63, 3.8) is 0 Å². The molecule has 3 amide bonds. The van der Waals surface area contributed by atoms with Crippen LogP contribution in [0.25, 0.3) is 0 Å². The number of hydrogen-bond acceptors (Lipinski definition) is 8. The third-order valence-electron chi connectivity index (χ3n) is 8.49. The molecule has 0 spiro atoms. The van der Waals surface area contributed by atoms with Gasteiger partial charge in [0.05, 0.1) is 12.5 Å². The van der Waals surface area contributed by atoms with Crippen LogP contribution in [0.2, 0.25) is 0 Å². The number of unbranched alkanes of at least 4 members (excludes halogenated alkanes) is 1. The predicted octanol–water partition coefficient (Wildman–Crippen LogP) is 2.71. The Labute approximate surface area is 245 Å². The van der Waals surface area contributed by atoms with Crippen LogP contribution in [0.15, 0.2) is 42.5 Å². The number of carbonyl (C=O) groups is 4. The normalized spacial score (nSPS) is 21.8. The molecule has 2 aromatic rings. The van der Waals surface area contributed by atoms with E-state index in [1.165, 1.54) is 4.90 Å². The predicted molar refractivity (Wildman–Crippen MR) is 154 cm³/mol. The monoisotopic (exact) mass is 578 g/mol. The molecule has 2 saturated heterocycles. The lowest BCUT2D eigenvalue weighted by atomic mass is 9.84. The van der Waals surface area contributed by atoms with Crippen molar-refractivity contribution in [2.75, 3.05) is 37.9 Å². The van der Waals surface area contributed by atoms with E-state index in [0.717, 1.165) is 29.7 Å². The van der Waals surface area contributed by atoms with E-state index < -0.39 is 23.8 Å². The van der Waals surface area contributed by atoms with Gasteiger partial charge >= 0.3 is 5.97 Å². The number of benzene rings is 2. The number of hydrogen-bond donors (Lipinski definition) is 2. The van der Waals surface area contributed by atoms with Gasteiger partial charge in [0.1, 0.15) is 0 Å². The Morgan fingerprint density at radius 1 is 1.07 bits per heavy atom. The van der Waals surface area contributed by atoms with Crippen LogP contribution in [0.4, 0.5) is 5.69 Å². The number of ether oxygens (including phenoxy) is 2. The summed E-state index contributed by atoms with van der Waals surface area (Å²) in [5, 5.41) is 10.5. The first-order chi connectivity index (χ1) is 20.3. The van der Waals surface area contributed by atoms with Gasteiger partial charge in [0.2, 0.25) is 24.5 Å². The quantitative estimate of drug-likeness (QED) is 0.364. The van der Waals surface area contributed by atoms with Crippen LogP contribution in [0, 0.1) is 5.92 Å². The molecule has 11 nitrogen and oxygen atoms in total. The van der Waals surface area contributed by atoms with Crippen LogP contribution < -0.4 is 20.1 Å². The first-order valence-electron chi connectivity index (χ1n) is 14.6. The molecule has 3 heterocycles. The number of carboxylic acids is 1. The van der Waals surface area contributed by atoms with Crippen LogP contribution in [-0.4, -0.2) is 77.6 Å². The molecule has 0 aromatic heterocycles. The van der Waals surface area contributed by atoms with E-state index in [1.807, 2.05) is 41.3 Å². The second-order valence-electron chi connectivity index (χ2n) is 11.1. The van der Waals surface area contributed by atoms with Crippen LogP contribution in [0.5, 0.6) is 11.5 Å². The van der Waals surface area contributed by atoms with Gasteiger partial charge in [-0.05, 0) is 48.2 Å². The lowest BCUT2D eigenvalue weighted by Crippen LogP contribution is -2.46. The molecule has 0 bridgehead atoms. The van der Waals surface area contributed by atoms with Crippen molar-refractivity contribution in [1.29, 1.82) is 0 Å². The van der Waals surface area contributed by atoms with Gasteiger partial charge in [-0.2, -0.15) is 0 Å². The molecule has 2 fully saturated rings. The van der Waals surface area contributed by atoms with Crippen molar-refractivity contribution in [2.45, 2.75) is 57.5 Å². The van der Waals surface area contributed by atoms with Gasteiger partial charge in [-0.15, -0.1) is 0 Å². The Balaban J connectivity index is 1.44. The molecular weight excluding hydrogens is 540 g/mol. The van der Waals surface area contributed by atoms with Crippen molar-refractivity contribution < 1.29 is 33.8 Å². The summed E-state index contributed by atoms with van der Waals surface area (Å²) in [5.74, 6) is -1.77. The third kappa shape index (κ3) is 6.12. The van der Waals surface area contributed by atoms with Crippen molar-refractivity contribution in [3.8, 4) is 11.5 Å². The number of nitrogens with zero attached hydrogens (tertiary/aromatic N) is 3. The first-order valence-corrected chi connectivity index (χ1v) is 14.6. The zero-order valence-corrected chi connectivity index (χ0v) is 23.9. The fraction of sp³-hybridized carbons (Fsp3) is 0.484. The lowest BCUT2D eigenvalue weighted by Gasteiger charge is -2.30. The molecule has 3 aliphatic heterocycles. The summed E-state index contributed by atoms with van der Waals surface area (Å²) in [6.45, 7) is 3.46. The minimum Gasteiger partial charge on any atom is -0.481 e. The Hall–Kier alpha value is -3.96. The number of likely N-dealkylation sites (tertiary alicyclic amines) is 2. The number of anilines is 1. The smallest absolute Gasteiger partial charge is 0.308 e. The van der Waals surface area contributed by atoms with Gasteiger partial charge in [-0.25, -0.2) is 0 Å². The SMILES string of the molecule is CCCCN(C(=O)CN1C[C@H](c2ccc3c(c2)OCO3)[C@@H](C(=O)O)[C@@H]1CCN1C(=O)CCC1=O)c1cccc(CN)c1. The van der Waals surface area contributed by atoms with Gasteiger partial charge in [0.25, 0.3) is 0 Å². The molecule has 3 atom stereocenters. The molecule has 3 N–H and O–H groups in total. The molecule has 11 heteroatoms. The highest BCUT2D eigenvalue weighted by atomic mass is 16.7. The second-order valence-corrected chi connectivity index (χ2v) is 11.1. The highest BCUT2D eigenvalue weighted by Crippen LogP contribution is 2.43. The molecular formula is C31H38N4O7. The maximum Gasteiger partial charge on any atom is 0.308 e. The van der Waals surface area contributed by atoms with Crippen molar-refractivity contribution in [3.05, 3.63) is 53.6 Å². The topological polar surface area (TPSA) is 143 Å². The summed E-state index contributed by atoms with van der Waals surface area (Å²) in [4.78, 5) is 56.3. The van der Waals surface area contributed by atoms with Gasteiger partial charge < -0.3 is 25.2 Å². The average Bonchev–Trinajstić information content (AvgIpc) is 3.69. The molecule has 3 aliphatic rings. The molecule has 0 saturated carbocycles. The maximum absolute atomic E-state index is 13.9. The van der Waals surface area contributed by atoms with E-state index in [-0.39, 0.29) is 56.9 Å². The van der Waals surface area contributed by atoms with Gasteiger partial charge in [0, 0.05) is 56.7 Å². The number of amides is 3. The summed E-state index contributed by atoms with van der Waals surface area (Å²) in [6, 6.07) is 12.4. The molecule has 0 radical (unpaired) electrons. The number of nitrogens with two attached hydrogens (primary N) is 1. The third-order valence-corrected chi connectivity index (χ3v) is 8.49. The maximum atomic E-state index is 13.9. The van der Waals surface area contributed by atoms with Gasteiger partial charge in [-0.3, -0.25) is 29.0 Å². The largest absolute Gasteiger partial charge is 0.481 e. The Bertz CT molecular complexity index is 1330. The number of rotatable bonds is 12. The first kappa shape index (κ1) is 29.5. The number of carbonyl (C=O) groups excluding carboxylic acids is 3. The summed E-state index contributed by atoms with van der Waals surface area (Å²) in [5.41, 5.74) is 8.30. The molecule has 5 rings (SSSR count). The van der Waals surface area contributed by atoms with Crippen LogP contribution in [0.3, 0.4) is 0 Å². The van der Waals surface area contributed by atoms with Crippen LogP contribution in [-0.2, 0) is 25.7 Å². The lowest BCUT2D eigenvalue weighted by molar-refractivity contribution is -0.143. The molecule has 224 valence electrons. The Kier molecular flexibility index (Phi) is 9.08. The minimum atomic E-state index is -0.991. The van der Waals surface area contributed by atoms with E-state index in [2.05, 4.69) is 6.92 Å². The molecule has 2 aromatic carbocycles. The van der Waals surface area contributed by atoms with Gasteiger partial charge in [0.15, 0.2) is 11.5 Å². The Morgan fingerprint density at radius 3 is 2.55 bits per heavy atom. The fourth-order valence-corrected chi connectivity index (χ4v) is 6.29. The highest BCUT2D eigenvalue weighted by molar-refractivity contribution is 6.01. The molecule has 0 aliphatic carbocycles. The highest BCUT2D eigenvalue weighted by Gasteiger charge is 2.48.